The van der Waals surface area contributed by atoms with Crippen molar-refractivity contribution in [3.63, 3.8) is 0 Å². The van der Waals surface area contributed by atoms with Crippen molar-refractivity contribution in [2.75, 3.05) is 11.5 Å². The Hall–Kier alpha value is -1.56. The zero-order valence-electron chi connectivity index (χ0n) is 13.2. The van der Waals surface area contributed by atoms with Gasteiger partial charge in [0.2, 0.25) is 0 Å². The summed E-state index contributed by atoms with van der Waals surface area (Å²) in [6.45, 7) is -3.03. The minimum atomic E-state index is -4.11. The number of imidazole rings is 1. The molecule has 0 aliphatic carbocycles. The average molecular weight is 244 g/mol. The van der Waals surface area contributed by atoms with Crippen molar-refractivity contribution < 1.29 is 15.3 Å². The zero-order valence-corrected chi connectivity index (χ0v) is 9.00. The number of aromatic nitrogens is 2. The van der Waals surface area contributed by atoms with Gasteiger partial charge in [0.1, 0.15) is 0 Å². The van der Waals surface area contributed by atoms with Crippen molar-refractivity contribution in [1.29, 1.82) is 0 Å². The minimum absolute atomic E-state index is 0.123. The minimum Gasteiger partial charge on any atom is -0.369 e. The van der Waals surface area contributed by atoms with Gasteiger partial charge in [-0.25, -0.2) is 13.4 Å². The van der Waals surface area contributed by atoms with Crippen LogP contribution in [0, 0.1) is 0 Å². The highest BCUT2D eigenvalue weighted by Crippen LogP contribution is 2.19. The molecule has 1 heterocycles. The van der Waals surface area contributed by atoms with Gasteiger partial charge in [0, 0.05) is 6.85 Å². The predicted molar refractivity (Wildman–Crippen MR) is 62.8 cm³/mol. The van der Waals surface area contributed by atoms with Crippen LogP contribution in [0.4, 0.5) is 5.95 Å². The number of nitrogens with one attached hydrogen (secondary N) is 1. The molecular formula is C10H13N3O2S. The molecule has 3 N–H and O–H groups in total. The molecule has 5 nitrogen and oxygen atoms in total. The van der Waals surface area contributed by atoms with Crippen LogP contribution < -0.4 is 5.73 Å². The Morgan fingerprint density at radius 3 is 3.19 bits per heavy atom. The third kappa shape index (κ3) is 1.88. The number of hydrogen-bond acceptors (Lipinski definition) is 4. The highest BCUT2D eigenvalue weighted by Gasteiger charge is 2.14. The Labute approximate surface area is 101 Å². The molecule has 0 aliphatic heterocycles. The summed E-state index contributed by atoms with van der Waals surface area (Å²) in [7, 11) is -4.11. The lowest BCUT2D eigenvalue weighted by atomic mass is 10.3. The number of nitrogens with two attached hydrogens (primary N) is 1. The molecule has 0 bridgehead atoms. The number of H-pyrrole nitrogens is 1. The number of rotatable bonds is 3. The molecule has 0 atom stereocenters. The summed E-state index contributed by atoms with van der Waals surface area (Å²) in [5.74, 6) is -1.01. The quantitative estimate of drug-likeness (QED) is 0.852. The topological polar surface area (TPSA) is 88.8 Å². The molecule has 0 fully saturated rings. The number of fused-ring (bicyclic) bond motifs is 1. The number of aromatic amines is 1. The molecule has 0 saturated carbocycles. The second-order valence-corrected chi connectivity index (χ2v) is 5.23. The summed E-state index contributed by atoms with van der Waals surface area (Å²) < 4.78 is 60.5. The van der Waals surface area contributed by atoms with E-state index in [-0.39, 0.29) is 10.8 Å². The van der Waals surface area contributed by atoms with Gasteiger partial charge >= 0.3 is 0 Å². The van der Waals surface area contributed by atoms with Crippen LogP contribution in [0.5, 0.6) is 0 Å². The molecule has 0 amide bonds. The van der Waals surface area contributed by atoms with Crippen LogP contribution in [0.2, 0.25) is 0 Å². The van der Waals surface area contributed by atoms with Crippen LogP contribution in [0.3, 0.4) is 0 Å². The van der Waals surface area contributed by atoms with Gasteiger partial charge in [-0.05, 0) is 24.6 Å². The molecule has 0 unspecified atom stereocenters. The van der Waals surface area contributed by atoms with E-state index in [1.165, 1.54) is 18.2 Å². The van der Waals surface area contributed by atoms with Crippen molar-refractivity contribution in [3.8, 4) is 0 Å². The fourth-order valence-electron chi connectivity index (χ4n) is 1.38. The van der Waals surface area contributed by atoms with E-state index >= 15 is 0 Å². The summed E-state index contributed by atoms with van der Waals surface area (Å²) in [5.41, 5.74) is 6.30. The van der Waals surface area contributed by atoms with E-state index in [1.54, 1.807) is 0 Å². The molecule has 0 spiro atoms. The molecular weight excluding hydrogens is 226 g/mol. The first-order valence-corrected chi connectivity index (χ1v) is 6.06. The Bertz CT molecular complexity index is 782. The Morgan fingerprint density at radius 2 is 2.44 bits per heavy atom. The molecule has 16 heavy (non-hydrogen) atoms. The van der Waals surface area contributed by atoms with Gasteiger partial charge in [-0.3, -0.25) is 0 Å². The van der Waals surface area contributed by atoms with E-state index in [9.17, 15) is 8.42 Å². The van der Waals surface area contributed by atoms with Crippen LogP contribution in [-0.4, -0.2) is 24.1 Å². The van der Waals surface area contributed by atoms with Crippen LogP contribution in [-0.2, 0) is 9.84 Å². The molecule has 1 aromatic heterocycles. The fourth-order valence-corrected chi connectivity index (χ4v) is 2.31. The van der Waals surface area contributed by atoms with Crippen molar-refractivity contribution >= 4 is 26.8 Å². The first-order chi connectivity index (χ1) is 9.42. The van der Waals surface area contributed by atoms with E-state index in [1.807, 2.05) is 0 Å². The molecule has 2 aromatic rings. The van der Waals surface area contributed by atoms with Crippen LogP contribution in [0.1, 0.15) is 20.1 Å². The van der Waals surface area contributed by atoms with Gasteiger partial charge in [-0.15, -0.1) is 0 Å². The maximum atomic E-state index is 12.2. The van der Waals surface area contributed by atoms with Gasteiger partial charge in [-0.1, -0.05) is 6.85 Å². The third-order valence-corrected chi connectivity index (χ3v) is 3.59. The first-order valence-electron chi connectivity index (χ1n) is 6.90. The number of hydrogen-bond donors (Lipinski definition) is 2. The predicted octanol–water partition coefficient (Wildman–Crippen LogP) is 1.33. The fraction of sp³-hybridized carbons (Fsp3) is 0.300. The average Bonchev–Trinajstić information content (AvgIpc) is 2.64. The van der Waals surface area contributed by atoms with Crippen molar-refractivity contribution in [1.82, 2.24) is 9.97 Å². The van der Waals surface area contributed by atoms with E-state index in [2.05, 4.69) is 9.97 Å². The standard InChI is InChI=1S/C10H13N3O2S/c1-2-5-16(14,15)7-3-4-8-9(6-7)13-10(11)12-8/h3-4,6H,2,5H2,1H3,(H3,11,12,13)/i1D3,2D2. The third-order valence-electron chi connectivity index (χ3n) is 2.09. The number of sulfone groups is 1. The Balaban J connectivity index is 2.42. The maximum Gasteiger partial charge on any atom is 0.198 e. The highest BCUT2D eigenvalue weighted by molar-refractivity contribution is 7.91. The van der Waals surface area contributed by atoms with Crippen molar-refractivity contribution in [2.45, 2.75) is 18.1 Å². The second-order valence-electron chi connectivity index (χ2n) is 3.24. The lowest BCUT2D eigenvalue weighted by Crippen LogP contribution is -2.05. The Morgan fingerprint density at radius 1 is 1.62 bits per heavy atom. The first kappa shape index (κ1) is 6.24. The van der Waals surface area contributed by atoms with E-state index in [0.29, 0.717) is 11.0 Å². The van der Waals surface area contributed by atoms with E-state index in [4.69, 9.17) is 12.6 Å². The van der Waals surface area contributed by atoms with Crippen molar-refractivity contribution in [3.05, 3.63) is 18.2 Å². The van der Waals surface area contributed by atoms with E-state index in [0.717, 1.165) is 0 Å². The van der Waals surface area contributed by atoms with Gasteiger partial charge < -0.3 is 10.7 Å². The maximum absolute atomic E-state index is 12.2. The van der Waals surface area contributed by atoms with Crippen LogP contribution in [0.25, 0.3) is 11.0 Å². The monoisotopic (exact) mass is 244 g/mol. The Kier molecular flexibility index (Phi) is 1.48. The van der Waals surface area contributed by atoms with Crippen molar-refractivity contribution in [2.24, 2.45) is 0 Å². The van der Waals surface area contributed by atoms with Gasteiger partial charge in [0.15, 0.2) is 15.8 Å². The zero-order chi connectivity index (χ0) is 16.1. The number of nitrogen functional groups attached to an aromatic ring is 1. The lowest BCUT2D eigenvalue weighted by molar-refractivity contribution is 0.595. The summed E-state index contributed by atoms with van der Waals surface area (Å²) in [5, 5.41) is 0. The smallest absolute Gasteiger partial charge is 0.198 e. The van der Waals surface area contributed by atoms with Gasteiger partial charge in [0.05, 0.1) is 21.7 Å². The SMILES string of the molecule is [2H]C([2H])([2H])C([2H])([2H])CS(=O)(=O)c1ccc2nc(N)[nH]c2c1. The van der Waals surface area contributed by atoms with Crippen LogP contribution in [0.15, 0.2) is 23.1 Å². The molecule has 0 radical (unpaired) electrons. The second kappa shape index (κ2) is 3.79. The number of nitrogens with zero attached hydrogens (tertiary/aromatic N) is 1. The summed E-state index contributed by atoms with van der Waals surface area (Å²) >= 11 is 0. The molecule has 86 valence electrons. The highest BCUT2D eigenvalue weighted by atomic mass is 32.2. The largest absolute Gasteiger partial charge is 0.369 e. The lowest BCUT2D eigenvalue weighted by Gasteiger charge is -2.01. The summed E-state index contributed by atoms with van der Waals surface area (Å²) in [6.07, 6.45) is -2.84. The molecule has 0 aliphatic rings. The summed E-state index contributed by atoms with van der Waals surface area (Å²) in [4.78, 5) is 6.39. The summed E-state index contributed by atoms with van der Waals surface area (Å²) in [6, 6.07) is 3.91. The molecule has 1 aromatic carbocycles. The molecule has 6 heteroatoms. The molecule has 0 saturated heterocycles. The van der Waals surface area contributed by atoms with E-state index < -0.39 is 28.8 Å². The number of benzene rings is 1. The molecule has 2 rings (SSSR count). The van der Waals surface area contributed by atoms with Gasteiger partial charge in [0.25, 0.3) is 0 Å². The normalized spacial score (nSPS) is 18.4. The van der Waals surface area contributed by atoms with Gasteiger partial charge in [-0.2, -0.15) is 0 Å². The number of anilines is 1. The van der Waals surface area contributed by atoms with Crippen LogP contribution >= 0.6 is 0 Å².